The first-order valence-corrected chi connectivity index (χ1v) is 7.06. The first-order chi connectivity index (χ1) is 7.75. The van der Waals surface area contributed by atoms with E-state index in [-0.39, 0.29) is 0 Å². The van der Waals surface area contributed by atoms with Crippen molar-refractivity contribution in [2.24, 2.45) is 0 Å². The summed E-state index contributed by atoms with van der Waals surface area (Å²) in [6.45, 7) is 1.76. The average Bonchev–Trinajstić information content (AvgIpc) is 2.29. The summed E-state index contributed by atoms with van der Waals surface area (Å²) in [6.07, 6.45) is 2.26. The predicted molar refractivity (Wildman–Crippen MR) is 69.4 cm³/mol. The monoisotopic (exact) mass is 277 g/mol. The van der Waals surface area contributed by atoms with Gasteiger partial charge in [-0.25, -0.2) is 4.98 Å². The van der Waals surface area contributed by atoms with Crippen molar-refractivity contribution in [3.63, 3.8) is 0 Å². The molecule has 0 atom stereocenters. The molecule has 2 rings (SSSR count). The van der Waals surface area contributed by atoms with E-state index in [1.54, 1.807) is 6.07 Å². The Labute approximate surface area is 110 Å². The number of ether oxygens (including phenoxy) is 1. The molecular weight excluding hydrogens is 265 g/mol. The largest absolute Gasteiger partial charge is 0.381 e. The lowest BCUT2D eigenvalue weighted by molar-refractivity contribution is 0.1000. The van der Waals surface area contributed by atoms with Crippen LogP contribution in [0.5, 0.6) is 0 Å². The normalized spacial score (nSPS) is 17.6. The molecule has 0 N–H and O–H groups in total. The topological polar surface area (TPSA) is 22.1 Å². The number of hydrogen-bond acceptors (Lipinski definition) is 3. The highest BCUT2D eigenvalue weighted by atomic mass is 35.5. The fourth-order valence-electron chi connectivity index (χ4n) is 1.60. The van der Waals surface area contributed by atoms with Gasteiger partial charge in [-0.3, -0.25) is 0 Å². The maximum atomic E-state index is 6.01. The smallest absolute Gasteiger partial charge is 0.134 e. The molecule has 1 aliphatic rings. The highest BCUT2D eigenvalue weighted by Gasteiger charge is 2.14. The van der Waals surface area contributed by atoms with Crippen LogP contribution in [0.2, 0.25) is 10.3 Å². The number of nitrogens with zero attached hydrogens (tertiary/aromatic N) is 1. The third kappa shape index (κ3) is 3.52. The molecule has 1 aromatic heterocycles. The van der Waals surface area contributed by atoms with Gasteiger partial charge in [0, 0.05) is 24.2 Å². The van der Waals surface area contributed by atoms with E-state index >= 15 is 0 Å². The molecule has 0 bridgehead atoms. The lowest BCUT2D eigenvalue weighted by Crippen LogP contribution is -2.17. The number of rotatable bonds is 3. The number of thioether (sulfide) groups is 1. The molecule has 1 aliphatic heterocycles. The van der Waals surface area contributed by atoms with Crippen LogP contribution in [0, 0.1) is 0 Å². The molecule has 16 heavy (non-hydrogen) atoms. The van der Waals surface area contributed by atoms with Gasteiger partial charge in [0.25, 0.3) is 0 Å². The van der Waals surface area contributed by atoms with E-state index in [0.717, 1.165) is 37.4 Å². The van der Waals surface area contributed by atoms with Gasteiger partial charge >= 0.3 is 0 Å². The van der Waals surface area contributed by atoms with Crippen LogP contribution in [0.25, 0.3) is 0 Å². The zero-order valence-corrected chi connectivity index (χ0v) is 11.1. The Kier molecular flexibility index (Phi) is 4.77. The Bertz CT molecular complexity index is 356. The van der Waals surface area contributed by atoms with Crippen molar-refractivity contribution >= 4 is 35.0 Å². The Balaban J connectivity index is 1.88. The maximum absolute atomic E-state index is 6.01. The van der Waals surface area contributed by atoms with Gasteiger partial charge in [-0.2, -0.15) is 11.8 Å². The molecule has 0 radical (unpaired) electrons. The third-order valence-corrected chi connectivity index (χ3v) is 4.49. The first-order valence-electron chi connectivity index (χ1n) is 5.26. The van der Waals surface area contributed by atoms with E-state index in [2.05, 4.69) is 4.98 Å². The molecule has 1 saturated heterocycles. The Morgan fingerprint density at radius 3 is 2.75 bits per heavy atom. The van der Waals surface area contributed by atoms with E-state index in [0.29, 0.717) is 15.6 Å². The van der Waals surface area contributed by atoms with E-state index in [1.807, 2.05) is 17.8 Å². The van der Waals surface area contributed by atoms with Crippen LogP contribution >= 0.6 is 35.0 Å². The van der Waals surface area contributed by atoms with Crippen molar-refractivity contribution in [1.29, 1.82) is 0 Å². The summed E-state index contributed by atoms with van der Waals surface area (Å²) in [4.78, 5) is 4.03. The van der Waals surface area contributed by atoms with Crippen LogP contribution < -0.4 is 0 Å². The van der Waals surface area contributed by atoms with Crippen LogP contribution in [0.1, 0.15) is 18.4 Å². The van der Waals surface area contributed by atoms with Gasteiger partial charge in [-0.05, 0) is 24.5 Å². The van der Waals surface area contributed by atoms with Gasteiger partial charge in [0.05, 0.1) is 0 Å². The van der Waals surface area contributed by atoms with Gasteiger partial charge in [-0.15, -0.1) is 0 Å². The minimum atomic E-state index is 0.449. The highest BCUT2D eigenvalue weighted by molar-refractivity contribution is 7.99. The van der Waals surface area contributed by atoms with Crippen molar-refractivity contribution in [3.05, 3.63) is 28.0 Å². The molecule has 0 aromatic carbocycles. The standard InChI is InChI=1S/C11H13Cl2NOS/c12-10-2-1-8(11(13)14-10)7-16-9-3-5-15-6-4-9/h1-2,9H,3-7H2. The lowest BCUT2D eigenvalue weighted by Gasteiger charge is -2.21. The van der Waals surface area contributed by atoms with Gasteiger partial charge in [0.15, 0.2) is 0 Å². The van der Waals surface area contributed by atoms with Crippen molar-refractivity contribution in [1.82, 2.24) is 4.98 Å². The third-order valence-electron chi connectivity index (χ3n) is 2.53. The summed E-state index contributed by atoms with van der Waals surface area (Å²) in [5.41, 5.74) is 1.06. The van der Waals surface area contributed by atoms with E-state index in [4.69, 9.17) is 27.9 Å². The van der Waals surface area contributed by atoms with Crippen LogP contribution in [-0.4, -0.2) is 23.4 Å². The van der Waals surface area contributed by atoms with Crippen LogP contribution in [0.15, 0.2) is 12.1 Å². The van der Waals surface area contributed by atoms with Crippen LogP contribution in [0.4, 0.5) is 0 Å². The van der Waals surface area contributed by atoms with Crippen molar-refractivity contribution in [3.8, 4) is 0 Å². The van der Waals surface area contributed by atoms with Gasteiger partial charge < -0.3 is 4.74 Å². The minimum Gasteiger partial charge on any atom is -0.381 e. The minimum absolute atomic E-state index is 0.449. The molecule has 2 heterocycles. The second kappa shape index (κ2) is 6.10. The Hall–Kier alpha value is 0.0400. The quantitative estimate of drug-likeness (QED) is 0.785. The van der Waals surface area contributed by atoms with Gasteiger partial charge in [0.2, 0.25) is 0 Å². The van der Waals surface area contributed by atoms with Crippen LogP contribution in [-0.2, 0) is 10.5 Å². The summed E-state index contributed by atoms with van der Waals surface area (Å²) in [5, 5.41) is 1.65. The van der Waals surface area contributed by atoms with Crippen molar-refractivity contribution in [2.45, 2.75) is 23.8 Å². The van der Waals surface area contributed by atoms with Gasteiger partial charge in [0.1, 0.15) is 10.3 Å². The summed E-state index contributed by atoms with van der Waals surface area (Å²) in [5.74, 6) is 0.896. The number of halogens is 2. The molecule has 88 valence electrons. The maximum Gasteiger partial charge on any atom is 0.134 e. The predicted octanol–water partition coefficient (Wildman–Crippen LogP) is 3.80. The van der Waals surface area contributed by atoms with E-state index in [1.165, 1.54) is 0 Å². The molecule has 0 spiro atoms. The highest BCUT2D eigenvalue weighted by Crippen LogP contribution is 2.28. The second-order valence-electron chi connectivity index (χ2n) is 3.71. The molecule has 0 aliphatic carbocycles. The summed E-state index contributed by atoms with van der Waals surface area (Å²) in [7, 11) is 0. The lowest BCUT2D eigenvalue weighted by atomic mass is 10.2. The van der Waals surface area contributed by atoms with E-state index in [9.17, 15) is 0 Å². The second-order valence-corrected chi connectivity index (χ2v) is 5.74. The first kappa shape index (κ1) is 12.5. The SMILES string of the molecule is Clc1ccc(CSC2CCOCC2)c(Cl)n1. The zero-order valence-electron chi connectivity index (χ0n) is 8.79. The number of hydrogen-bond donors (Lipinski definition) is 0. The number of aromatic nitrogens is 1. The fourth-order valence-corrected chi connectivity index (χ4v) is 3.26. The Morgan fingerprint density at radius 2 is 2.06 bits per heavy atom. The fraction of sp³-hybridized carbons (Fsp3) is 0.545. The summed E-state index contributed by atoms with van der Waals surface area (Å²) >= 11 is 13.7. The van der Waals surface area contributed by atoms with Crippen molar-refractivity contribution < 1.29 is 4.74 Å². The summed E-state index contributed by atoms with van der Waals surface area (Å²) < 4.78 is 5.32. The molecule has 2 nitrogen and oxygen atoms in total. The molecule has 5 heteroatoms. The van der Waals surface area contributed by atoms with Crippen LogP contribution in [0.3, 0.4) is 0 Å². The molecule has 0 saturated carbocycles. The molecule has 1 fully saturated rings. The average molecular weight is 278 g/mol. The molecule has 0 amide bonds. The number of pyridine rings is 1. The summed E-state index contributed by atoms with van der Waals surface area (Å²) in [6, 6.07) is 3.73. The zero-order chi connectivity index (χ0) is 11.4. The Morgan fingerprint density at radius 1 is 1.31 bits per heavy atom. The van der Waals surface area contributed by atoms with Gasteiger partial charge in [-0.1, -0.05) is 29.3 Å². The van der Waals surface area contributed by atoms with E-state index < -0.39 is 0 Å². The molecule has 0 unspecified atom stereocenters. The molecular formula is C11H13Cl2NOS. The van der Waals surface area contributed by atoms with Crippen molar-refractivity contribution in [2.75, 3.05) is 13.2 Å². The molecule has 1 aromatic rings.